The molecule has 0 amide bonds. The molecule has 0 radical (unpaired) electrons. The van der Waals surface area contributed by atoms with Crippen molar-refractivity contribution in [2.75, 3.05) is 13.7 Å². The molecule has 36 heavy (non-hydrogen) atoms. The molecule has 3 N–H and O–H groups in total. The number of esters is 1. The molecule has 0 saturated carbocycles. The van der Waals surface area contributed by atoms with E-state index in [2.05, 4.69) is 5.16 Å². The highest BCUT2D eigenvalue weighted by Gasteiger charge is 2.44. The van der Waals surface area contributed by atoms with Crippen LogP contribution in [0.15, 0.2) is 47.6 Å². The van der Waals surface area contributed by atoms with E-state index in [9.17, 15) is 20.1 Å². The standard InChI is InChI=1S/C27H34ClNO7/c1-4-6-23(30)35-15-22-24(31)25(32)26(33)27(36-22)18-11-12-20(28)19(14-18)13-16-7-9-17(10-8-16)21(5-2)29-34-3/h7-12,14,22,24-27,31-33H,4-6,13,15H2,1-3H3/t22-,24-,25+,26-,27+/m1/s1. The molecule has 1 saturated heterocycles. The summed E-state index contributed by atoms with van der Waals surface area (Å²) < 4.78 is 11.1. The van der Waals surface area contributed by atoms with Gasteiger partial charge in [-0.15, -0.1) is 0 Å². The van der Waals surface area contributed by atoms with Gasteiger partial charge in [-0.2, -0.15) is 0 Å². The predicted octanol–water partition coefficient (Wildman–Crippen LogP) is 3.56. The number of rotatable bonds is 10. The molecule has 0 aromatic heterocycles. The number of hydrogen-bond donors (Lipinski definition) is 3. The van der Waals surface area contributed by atoms with Gasteiger partial charge in [-0.1, -0.05) is 67.0 Å². The minimum absolute atomic E-state index is 0.223. The third-order valence-electron chi connectivity index (χ3n) is 6.19. The quantitative estimate of drug-likeness (QED) is 0.249. The van der Waals surface area contributed by atoms with Gasteiger partial charge in [0, 0.05) is 11.4 Å². The Kier molecular flexibility index (Phi) is 10.3. The highest BCUT2D eigenvalue weighted by molar-refractivity contribution is 6.31. The summed E-state index contributed by atoms with van der Waals surface area (Å²) in [6.45, 7) is 3.64. The summed E-state index contributed by atoms with van der Waals surface area (Å²) in [6.07, 6.45) is -4.00. The second-order valence-corrected chi connectivity index (χ2v) is 9.21. The van der Waals surface area contributed by atoms with Gasteiger partial charge in [-0.05, 0) is 47.6 Å². The van der Waals surface area contributed by atoms with E-state index in [-0.39, 0.29) is 13.0 Å². The SMILES string of the molecule is CCCC(=O)OC[C@H]1O[C@@H](c2ccc(Cl)c(Cc3ccc(C(CC)=NOC)cc3)c2)[C@H](O)[C@@H](O)[C@@H]1O. The summed E-state index contributed by atoms with van der Waals surface area (Å²) >= 11 is 6.48. The second-order valence-electron chi connectivity index (χ2n) is 8.80. The molecule has 3 rings (SSSR count). The van der Waals surface area contributed by atoms with Gasteiger partial charge in [-0.25, -0.2) is 0 Å². The van der Waals surface area contributed by atoms with Crippen LogP contribution in [0.1, 0.15) is 61.5 Å². The van der Waals surface area contributed by atoms with Crippen LogP contribution in [0, 0.1) is 0 Å². The predicted molar refractivity (Wildman–Crippen MR) is 136 cm³/mol. The molecule has 2 aromatic carbocycles. The van der Waals surface area contributed by atoms with Crippen molar-refractivity contribution in [3.05, 3.63) is 69.7 Å². The summed E-state index contributed by atoms with van der Waals surface area (Å²) in [5, 5.41) is 36.0. The highest BCUT2D eigenvalue weighted by Crippen LogP contribution is 2.34. The summed E-state index contributed by atoms with van der Waals surface area (Å²) in [7, 11) is 1.52. The van der Waals surface area contributed by atoms with Crippen LogP contribution in [0.2, 0.25) is 5.02 Å². The molecular formula is C27H34ClNO7. The number of carbonyl (C=O) groups is 1. The number of ether oxygens (including phenoxy) is 2. The molecule has 0 spiro atoms. The van der Waals surface area contributed by atoms with Crippen LogP contribution in [0.3, 0.4) is 0 Å². The van der Waals surface area contributed by atoms with E-state index in [0.717, 1.165) is 28.8 Å². The van der Waals surface area contributed by atoms with Gasteiger partial charge in [0.05, 0.1) is 5.71 Å². The van der Waals surface area contributed by atoms with E-state index in [4.69, 9.17) is 25.9 Å². The topological polar surface area (TPSA) is 118 Å². The van der Waals surface area contributed by atoms with Crippen molar-refractivity contribution >= 4 is 23.3 Å². The first-order valence-corrected chi connectivity index (χ1v) is 12.5. The Morgan fingerprint density at radius 3 is 2.42 bits per heavy atom. The van der Waals surface area contributed by atoms with Crippen LogP contribution in [0.25, 0.3) is 0 Å². The molecule has 0 unspecified atom stereocenters. The van der Waals surface area contributed by atoms with Crippen LogP contribution in [-0.2, 0) is 25.5 Å². The van der Waals surface area contributed by atoms with Gasteiger partial charge in [0.15, 0.2) is 0 Å². The first kappa shape index (κ1) is 28.1. The van der Waals surface area contributed by atoms with Gasteiger partial charge >= 0.3 is 5.97 Å². The normalized spacial score (nSPS) is 24.4. The largest absolute Gasteiger partial charge is 0.463 e. The lowest BCUT2D eigenvalue weighted by Gasteiger charge is -2.40. The van der Waals surface area contributed by atoms with Crippen LogP contribution >= 0.6 is 11.6 Å². The van der Waals surface area contributed by atoms with Gasteiger partial charge in [-0.3, -0.25) is 4.79 Å². The van der Waals surface area contributed by atoms with Crippen molar-refractivity contribution in [2.24, 2.45) is 5.16 Å². The van der Waals surface area contributed by atoms with Crippen molar-refractivity contribution in [3.8, 4) is 0 Å². The third kappa shape index (κ3) is 6.83. The lowest BCUT2D eigenvalue weighted by atomic mass is 9.90. The third-order valence-corrected chi connectivity index (χ3v) is 6.56. The second kappa shape index (κ2) is 13.2. The number of benzene rings is 2. The molecule has 1 aliphatic heterocycles. The molecule has 1 aliphatic rings. The van der Waals surface area contributed by atoms with Crippen LogP contribution in [-0.4, -0.2) is 65.1 Å². The number of aliphatic hydroxyl groups is 3. The Bertz CT molecular complexity index is 1040. The summed E-state index contributed by atoms with van der Waals surface area (Å²) in [4.78, 5) is 16.7. The summed E-state index contributed by atoms with van der Waals surface area (Å²) in [5.74, 6) is -0.412. The van der Waals surface area contributed by atoms with E-state index >= 15 is 0 Å². The summed E-state index contributed by atoms with van der Waals surface area (Å²) in [5.41, 5.74) is 4.25. The van der Waals surface area contributed by atoms with Crippen LogP contribution in [0.5, 0.6) is 0 Å². The molecule has 9 heteroatoms. The van der Waals surface area contributed by atoms with E-state index < -0.39 is 36.5 Å². The van der Waals surface area contributed by atoms with Crippen molar-refractivity contribution < 1.29 is 34.4 Å². The zero-order valence-electron chi connectivity index (χ0n) is 20.8. The first-order chi connectivity index (χ1) is 17.3. The lowest BCUT2D eigenvalue weighted by Crippen LogP contribution is -2.55. The number of aliphatic hydroxyl groups excluding tert-OH is 3. The Morgan fingerprint density at radius 2 is 1.78 bits per heavy atom. The molecule has 8 nitrogen and oxygen atoms in total. The first-order valence-electron chi connectivity index (χ1n) is 12.1. The fraction of sp³-hybridized carbons (Fsp3) is 0.481. The van der Waals surface area contributed by atoms with E-state index in [1.807, 2.05) is 44.2 Å². The van der Waals surface area contributed by atoms with Gasteiger partial charge in [0.25, 0.3) is 0 Å². The highest BCUT2D eigenvalue weighted by atomic mass is 35.5. The van der Waals surface area contributed by atoms with Crippen LogP contribution < -0.4 is 0 Å². The van der Waals surface area contributed by atoms with E-state index in [1.54, 1.807) is 12.1 Å². The summed E-state index contributed by atoms with van der Waals surface area (Å²) in [6, 6.07) is 13.2. The molecule has 0 aliphatic carbocycles. The van der Waals surface area contributed by atoms with Crippen molar-refractivity contribution in [3.63, 3.8) is 0 Å². The Labute approximate surface area is 216 Å². The molecule has 1 heterocycles. The zero-order valence-corrected chi connectivity index (χ0v) is 21.5. The minimum atomic E-state index is -1.47. The molecule has 0 bridgehead atoms. The fourth-order valence-corrected chi connectivity index (χ4v) is 4.37. The molecule has 5 atom stereocenters. The average Bonchev–Trinajstić information content (AvgIpc) is 2.87. The number of halogens is 1. The number of oxime groups is 1. The maximum atomic E-state index is 11.8. The molecule has 1 fully saturated rings. The molecule has 2 aromatic rings. The van der Waals surface area contributed by atoms with E-state index in [1.165, 1.54) is 7.11 Å². The van der Waals surface area contributed by atoms with Crippen molar-refractivity contribution in [2.45, 2.75) is 70.1 Å². The van der Waals surface area contributed by atoms with Crippen LogP contribution in [0.4, 0.5) is 0 Å². The monoisotopic (exact) mass is 519 g/mol. The number of nitrogens with zero attached hydrogens (tertiary/aromatic N) is 1. The number of carbonyl (C=O) groups excluding carboxylic acids is 1. The molecule has 196 valence electrons. The average molecular weight is 520 g/mol. The Hall–Kier alpha value is -2.49. The Morgan fingerprint density at radius 1 is 1.06 bits per heavy atom. The number of hydrogen-bond acceptors (Lipinski definition) is 8. The maximum absolute atomic E-state index is 11.8. The maximum Gasteiger partial charge on any atom is 0.305 e. The van der Waals surface area contributed by atoms with E-state index in [0.29, 0.717) is 23.4 Å². The lowest BCUT2D eigenvalue weighted by molar-refractivity contribution is -0.234. The van der Waals surface area contributed by atoms with Gasteiger partial charge < -0.3 is 29.6 Å². The van der Waals surface area contributed by atoms with Gasteiger partial charge in [0.1, 0.15) is 44.2 Å². The smallest absolute Gasteiger partial charge is 0.305 e. The fourth-order valence-electron chi connectivity index (χ4n) is 4.19. The molecular weight excluding hydrogens is 486 g/mol. The zero-order chi connectivity index (χ0) is 26.2. The van der Waals surface area contributed by atoms with Gasteiger partial charge in [0.2, 0.25) is 0 Å². The minimum Gasteiger partial charge on any atom is -0.463 e. The Balaban J connectivity index is 1.78. The van der Waals surface area contributed by atoms with Crippen molar-refractivity contribution in [1.29, 1.82) is 0 Å². The van der Waals surface area contributed by atoms with Crippen molar-refractivity contribution in [1.82, 2.24) is 0 Å².